The second-order valence-corrected chi connectivity index (χ2v) is 10.0. The van der Waals surface area contributed by atoms with Crippen molar-refractivity contribution in [3.05, 3.63) is 0 Å². The van der Waals surface area contributed by atoms with Gasteiger partial charge in [-0.3, -0.25) is 0 Å². The van der Waals surface area contributed by atoms with Crippen LogP contribution in [0.2, 0.25) is 10.6 Å². The summed E-state index contributed by atoms with van der Waals surface area (Å²) >= 11 is 5.46. The van der Waals surface area contributed by atoms with E-state index in [-0.39, 0.29) is 0 Å². The normalized spacial score (nSPS) is 9.00. The third-order valence-corrected chi connectivity index (χ3v) is 8.36. The summed E-state index contributed by atoms with van der Waals surface area (Å²) < 4.78 is 0. The van der Waals surface area contributed by atoms with Crippen molar-refractivity contribution in [1.82, 2.24) is 0 Å². The summed E-state index contributed by atoms with van der Waals surface area (Å²) in [6.45, 7) is 2.42. The summed E-state index contributed by atoms with van der Waals surface area (Å²) in [6.07, 6.45) is 0. The third kappa shape index (κ3) is 22.5. The third-order valence-electron chi connectivity index (χ3n) is 0.615. The van der Waals surface area contributed by atoms with Crippen molar-refractivity contribution >= 4 is 38.9 Å². The molecule has 0 spiro atoms. The fourth-order valence-corrected chi connectivity index (χ4v) is 5.78. The van der Waals surface area contributed by atoms with Gasteiger partial charge in [-0.2, -0.15) is 12.6 Å². The molecule has 0 aromatic heterocycles. The predicted molar refractivity (Wildman–Crippen MR) is 62.1 cm³/mol. The molecule has 0 heterocycles. The fraction of sp³-hybridized carbons (Fsp3) is 1.00. The molecule has 12 heavy (non-hydrogen) atoms. The Labute approximate surface area is 91.9 Å². The molecule has 0 aromatic carbocycles. The zero-order chi connectivity index (χ0) is 9.66. The predicted octanol–water partition coefficient (Wildman–Crippen LogP) is -1.06. The molecule has 0 aliphatic heterocycles. The first-order valence-corrected chi connectivity index (χ1v) is 11.2. The van der Waals surface area contributed by atoms with Gasteiger partial charge in [0.15, 0.2) is 0 Å². The number of thiol groups is 1. The van der Waals surface area contributed by atoms with Crippen molar-refractivity contribution in [2.24, 2.45) is 17.2 Å². The molecule has 76 valence electrons. The molecule has 0 unspecified atom stereocenters. The van der Waals surface area contributed by atoms with E-state index >= 15 is 0 Å². The number of nitrogens with two attached hydrogens (primary N) is 3. The van der Waals surface area contributed by atoms with Crippen LogP contribution in [0.5, 0.6) is 0 Å². The van der Waals surface area contributed by atoms with E-state index in [2.05, 4.69) is 12.6 Å². The van der Waals surface area contributed by atoms with Gasteiger partial charge in [0.1, 0.15) is 0 Å². The Bertz CT molecular complexity index is 60.8. The monoisotopic (exact) mass is 325 g/mol. The van der Waals surface area contributed by atoms with Gasteiger partial charge in [-0.05, 0) is 0 Å². The van der Waals surface area contributed by atoms with Crippen LogP contribution in [0, 0.1) is 0 Å². The maximum atomic E-state index is 5.31. The van der Waals surface area contributed by atoms with E-state index in [1.807, 2.05) is 0 Å². The van der Waals surface area contributed by atoms with Crippen LogP contribution in [-0.2, 0) is 0 Å². The Balaban J connectivity index is 0. The first kappa shape index (κ1) is 15.7. The van der Waals surface area contributed by atoms with Crippen molar-refractivity contribution in [1.29, 1.82) is 0 Å². The van der Waals surface area contributed by atoms with Crippen LogP contribution in [0.3, 0.4) is 0 Å². The molecular weight excluding hydrogens is 304 g/mol. The molecule has 0 fully saturated rings. The van der Waals surface area contributed by atoms with Crippen molar-refractivity contribution in [2.75, 3.05) is 25.4 Å². The average Bonchev–Trinajstić information content (AvgIpc) is 2.13. The van der Waals surface area contributed by atoms with E-state index in [1.54, 1.807) is 0 Å². The van der Waals surface area contributed by atoms with Gasteiger partial charge >= 0.3 is 61.5 Å². The van der Waals surface area contributed by atoms with Crippen LogP contribution < -0.4 is 17.2 Å². The van der Waals surface area contributed by atoms with Crippen molar-refractivity contribution in [3.63, 3.8) is 0 Å². The van der Waals surface area contributed by atoms with Crippen LogP contribution in [0.4, 0.5) is 0 Å². The summed E-state index contributed by atoms with van der Waals surface area (Å²) in [4.78, 5) is 0. The van der Waals surface area contributed by atoms with Crippen molar-refractivity contribution in [2.45, 2.75) is 10.6 Å². The van der Waals surface area contributed by atoms with E-state index in [9.17, 15) is 0 Å². The van der Waals surface area contributed by atoms with Crippen LogP contribution >= 0.6 is 12.6 Å². The first-order valence-electron chi connectivity index (χ1n) is 3.78. The van der Waals surface area contributed by atoms with Gasteiger partial charge < -0.3 is 5.73 Å². The van der Waals surface area contributed by atoms with Gasteiger partial charge in [0, 0.05) is 12.3 Å². The zero-order valence-electron chi connectivity index (χ0n) is 7.24. The van der Waals surface area contributed by atoms with Gasteiger partial charge in [0.25, 0.3) is 0 Å². The first-order chi connectivity index (χ1) is 5.83. The van der Waals surface area contributed by atoms with Gasteiger partial charge in [-0.1, -0.05) is 0 Å². The van der Waals surface area contributed by atoms with E-state index in [0.717, 1.165) is 45.1 Å². The average molecular weight is 323 g/mol. The van der Waals surface area contributed by atoms with Crippen LogP contribution in [0.1, 0.15) is 0 Å². The summed E-state index contributed by atoms with van der Waals surface area (Å²) in [5.74, 6) is 0.792. The number of hydrogen-bond acceptors (Lipinski definition) is 4. The van der Waals surface area contributed by atoms with E-state index in [1.165, 1.54) is 10.6 Å². The summed E-state index contributed by atoms with van der Waals surface area (Å²) in [6, 6.07) is 0. The Morgan fingerprint density at radius 2 is 1.17 bits per heavy atom. The van der Waals surface area contributed by atoms with E-state index in [0.29, 0.717) is 6.54 Å². The second-order valence-electron chi connectivity index (χ2n) is 1.73. The summed E-state index contributed by atoms with van der Waals surface area (Å²) in [5, 5.41) is 2.49. The molecule has 0 radical (unpaired) electrons. The molecule has 0 saturated carbocycles. The van der Waals surface area contributed by atoms with Crippen LogP contribution in [-0.4, -0.2) is 51.6 Å². The quantitative estimate of drug-likeness (QED) is 0.286. The molecule has 0 aliphatic carbocycles. The Morgan fingerprint density at radius 1 is 0.833 bits per heavy atom. The molecular formula is C6H19N3SSe2. The Morgan fingerprint density at radius 3 is 1.33 bits per heavy atom. The Hall–Kier alpha value is 1.27. The molecule has 0 aromatic rings. The van der Waals surface area contributed by atoms with E-state index in [4.69, 9.17) is 17.2 Å². The zero-order valence-corrected chi connectivity index (χ0v) is 11.6. The SMILES string of the molecule is NCCS.NCC[Se][Se]CCN. The molecule has 6 heteroatoms. The minimum atomic E-state index is 0.684. The Kier molecular flexibility index (Phi) is 23.8. The molecule has 6 N–H and O–H groups in total. The molecule has 0 amide bonds. The molecule has 0 aliphatic rings. The summed E-state index contributed by atoms with van der Waals surface area (Å²) in [7, 11) is 0. The molecule has 0 bridgehead atoms. The van der Waals surface area contributed by atoms with Gasteiger partial charge in [0.2, 0.25) is 0 Å². The van der Waals surface area contributed by atoms with Gasteiger partial charge in [-0.15, -0.1) is 0 Å². The molecule has 0 rings (SSSR count). The molecule has 3 nitrogen and oxygen atoms in total. The topological polar surface area (TPSA) is 78.1 Å². The van der Waals surface area contributed by atoms with Crippen LogP contribution in [0.15, 0.2) is 0 Å². The van der Waals surface area contributed by atoms with Crippen molar-refractivity contribution < 1.29 is 0 Å². The van der Waals surface area contributed by atoms with Crippen molar-refractivity contribution in [3.8, 4) is 0 Å². The number of rotatable bonds is 6. The van der Waals surface area contributed by atoms with Crippen LogP contribution in [0.25, 0.3) is 0 Å². The summed E-state index contributed by atoms with van der Waals surface area (Å²) in [5.41, 5.74) is 15.6. The van der Waals surface area contributed by atoms with Gasteiger partial charge in [-0.25, -0.2) is 0 Å². The van der Waals surface area contributed by atoms with E-state index < -0.39 is 0 Å². The fourth-order valence-electron chi connectivity index (χ4n) is 0.214. The standard InChI is InChI=1S/C4H12N2Se2.C2H7NS/c5-1-3-7-8-4-2-6;3-1-2-4/h1-6H2;4H,1-3H2. The molecule has 0 atom stereocenters. The number of hydrogen-bond donors (Lipinski definition) is 4. The second kappa shape index (κ2) is 18.1. The minimum absolute atomic E-state index is 0.684. The molecule has 0 saturated heterocycles. The maximum absolute atomic E-state index is 5.31. The van der Waals surface area contributed by atoms with Gasteiger partial charge in [0.05, 0.1) is 0 Å².